The lowest BCUT2D eigenvalue weighted by atomic mass is 9.99. The second-order valence-corrected chi connectivity index (χ2v) is 4.34. The minimum absolute atomic E-state index is 0.0856. The molecule has 1 amide bonds. The van der Waals surface area contributed by atoms with E-state index in [1.165, 1.54) is 0 Å². The molecule has 2 rings (SSSR count). The second-order valence-electron chi connectivity index (χ2n) is 4.34. The number of hydrogen-bond donors (Lipinski definition) is 3. The fourth-order valence-electron chi connectivity index (χ4n) is 2.04. The molecule has 0 saturated carbocycles. The zero-order valence-electron chi connectivity index (χ0n) is 9.76. The van der Waals surface area contributed by atoms with Crippen molar-refractivity contribution in [1.29, 1.82) is 0 Å². The Balaban J connectivity index is 2.01. The van der Waals surface area contributed by atoms with E-state index < -0.39 is 0 Å². The van der Waals surface area contributed by atoms with Crippen LogP contribution in [0.15, 0.2) is 0 Å². The van der Waals surface area contributed by atoms with Crippen molar-refractivity contribution < 1.29 is 4.79 Å². The number of anilines is 1. The second kappa shape index (κ2) is 4.65. The van der Waals surface area contributed by atoms with Gasteiger partial charge in [-0.3, -0.25) is 9.89 Å². The van der Waals surface area contributed by atoms with Gasteiger partial charge in [-0.1, -0.05) is 0 Å². The summed E-state index contributed by atoms with van der Waals surface area (Å²) in [7, 11) is 0. The largest absolute Gasteiger partial charge is 0.323 e. The van der Waals surface area contributed by atoms with E-state index in [4.69, 9.17) is 0 Å². The Hall–Kier alpha value is -1.36. The minimum Gasteiger partial charge on any atom is -0.323 e. The number of H-pyrrole nitrogens is 1. The lowest BCUT2D eigenvalue weighted by molar-refractivity contribution is -0.120. The van der Waals surface area contributed by atoms with Crippen LogP contribution in [-0.4, -0.2) is 29.2 Å². The Bertz CT molecular complexity index is 360. The van der Waals surface area contributed by atoms with Gasteiger partial charge in [-0.2, -0.15) is 5.10 Å². The van der Waals surface area contributed by atoms with Crippen LogP contribution < -0.4 is 10.6 Å². The first-order chi connectivity index (χ1) is 7.68. The van der Waals surface area contributed by atoms with Crippen LogP contribution in [0.2, 0.25) is 0 Å². The zero-order valence-corrected chi connectivity index (χ0v) is 9.76. The summed E-state index contributed by atoms with van der Waals surface area (Å²) in [6.07, 6.45) is 2.04. The van der Waals surface area contributed by atoms with Crippen LogP contribution >= 0.6 is 0 Å². The maximum atomic E-state index is 12.0. The van der Waals surface area contributed by atoms with E-state index >= 15 is 0 Å². The molecule has 0 spiro atoms. The van der Waals surface area contributed by atoms with Crippen molar-refractivity contribution in [2.24, 2.45) is 5.92 Å². The predicted molar refractivity (Wildman–Crippen MR) is 62.3 cm³/mol. The third-order valence-electron chi connectivity index (χ3n) is 3.04. The number of piperidine rings is 1. The van der Waals surface area contributed by atoms with E-state index in [1.807, 2.05) is 13.8 Å². The maximum Gasteiger partial charge on any atom is 0.228 e. The SMILES string of the molecule is Cc1n[nH]c(C)c1NC(=O)[C@H]1CCCNC1. The number of aromatic nitrogens is 2. The summed E-state index contributed by atoms with van der Waals surface area (Å²) in [6, 6.07) is 0. The number of carbonyl (C=O) groups is 1. The fourth-order valence-corrected chi connectivity index (χ4v) is 2.04. The molecule has 5 nitrogen and oxygen atoms in total. The summed E-state index contributed by atoms with van der Waals surface area (Å²) in [5, 5.41) is 13.1. The van der Waals surface area contributed by atoms with Crippen molar-refractivity contribution >= 4 is 11.6 Å². The Kier molecular flexibility index (Phi) is 3.24. The van der Waals surface area contributed by atoms with Crippen LogP contribution in [-0.2, 0) is 4.79 Å². The van der Waals surface area contributed by atoms with Gasteiger partial charge < -0.3 is 10.6 Å². The Morgan fingerprint density at radius 2 is 2.31 bits per heavy atom. The van der Waals surface area contributed by atoms with E-state index in [0.29, 0.717) is 0 Å². The third-order valence-corrected chi connectivity index (χ3v) is 3.04. The zero-order chi connectivity index (χ0) is 11.5. The molecule has 0 unspecified atom stereocenters. The lowest BCUT2D eigenvalue weighted by Crippen LogP contribution is -2.37. The van der Waals surface area contributed by atoms with Crippen LogP contribution in [0.4, 0.5) is 5.69 Å². The molecular weight excluding hydrogens is 204 g/mol. The summed E-state index contributed by atoms with van der Waals surface area (Å²) in [4.78, 5) is 12.0. The Morgan fingerprint density at radius 1 is 1.50 bits per heavy atom. The molecule has 1 atom stereocenters. The van der Waals surface area contributed by atoms with Gasteiger partial charge in [0.25, 0.3) is 0 Å². The quantitative estimate of drug-likeness (QED) is 0.698. The Morgan fingerprint density at radius 3 is 2.88 bits per heavy atom. The van der Waals surface area contributed by atoms with Gasteiger partial charge in [0.2, 0.25) is 5.91 Å². The van der Waals surface area contributed by atoms with Gasteiger partial charge in [-0.15, -0.1) is 0 Å². The molecule has 2 heterocycles. The van der Waals surface area contributed by atoms with Gasteiger partial charge >= 0.3 is 0 Å². The van der Waals surface area contributed by atoms with Gasteiger partial charge in [0.15, 0.2) is 0 Å². The molecule has 1 fully saturated rings. The molecule has 3 N–H and O–H groups in total. The number of nitrogens with zero attached hydrogens (tertiary/aromatic N) is 1. The number of amides is 1. The van der Waals surface area contributed by atoms with E-state index in [9.17, 15) is 4.79 Å². The highest BCUT2D eigenvalue weighted by molar-refractivity contribution is 5.93. The molecule has 1 aliphatic rings. The Labute approximate surface area is 95.0 Å². The molecule has 1 aromatic heterocycles. The highest BCUT2D eigenvalue weighted by atomic mass is 16.1. The van der Waals surface area contributed by atoms with E-state index in [1.54, 1.807) is 0 Å². The third kappa shape index (κ3) is 2.24. The van der Waals surface area contributed by atoms with Gasteiger partial charge in [-0.05, 0) is 33.2 Å². The molecule has 16 heavy (non-hydrogen) atoms. The molecule has 1 aliphatic heterocycles. The smallest absolute Gasteiger partial charge is 0.228 e. The number of hydrogen-bond acceptors (Lipinski definition) is 3. The molecule has 1 saturated heterocycles. The number of aromatic amines is 1. The maximum absolute atomic E-state index is 12.0. The molecule has 5 heteroatoms. The van der Waals surface area contributed by atoms with Crippen molar-refractivity contribution in [3.63, 3.8) is 0 Å². The summed E-state index contributed by atoms with van der Waals surface area (Å²) in [5.41, 5.74) is 2.58. The van der Waals surface area contributed by atoms with Crippen molar-refractivity contribution in [3.05, 3.63) is 11.4 Å². The number of rotatable bonds is 2. The molecule has 88 valence electrons. The first-order valence-corrected chi connectivity index (χ1v) is 5.71. The standard InChI is InChI=1S/C11H18N4O/c1-7-10(8(2)15-14-7)13-11(16)9-4-3-5-12-6-9/h9,12H,3-6H2,1-2H3,(H,13,16)(H,14,15)/t9-/m0/s1. The van der Waals surface area contributed by atoms with Crippen LogP contribution in [0.3, 0.4) is 0 Å². The molecule has 0 aromatic carbocycles. The average Bonchev–Trinajstić information content (AvgIpc) is 2.62. The fraction of sp³-hybridized carbons (Fsp3) is 0.636. The summed E-state index contributed by atoms with van der Waals surface area (Å²) >= 11 is 0. The monoisotopic (exact) mass is 222 g/mol. The van der Waals surface area contributed by atoms with E-state index in [0.717, 1.165) is 43.0 Å². The van der Waals surface area contributed by atoms with Crippen LogP contribution in [0.1, 0.15) is 24.2 Å². The molecule has 0 aliphatic carbocycles. The average molecular weight is 222 g/mol. The highest BCUT2D eigenvalue weighted by Gasteiger charge is 2.22. The van der Waals surface area contributed by atoms with Gasteiger partial charge in [-0.25, -0.2) is 0 Å². The summed E-state index contributed by atoms with van der Waals surface area (Å²) in [6.45, 7) is 5.60. The number of carbonyl (C=O) groups excluding carboxylic acids is 1. The van der Waals surface area contributed by atoms with Crippen molar-refractivity contribution in [2.75, 3.05) is 18.4 Å². The number of nitrogens with one attached hydrogen (secondary N) is 3. The van der Waals surface area contributed by atoms with Crippen molar-refractivity contribution in [1.82, 2.24) is 15.5 Å². The van der Waals surface area contributed by atoms with Gasteiger partial charge in [0.1, 0.15) is 0 Å². The van der Waals surface area contributed by atoms with Crippen LogP contribution in [0, 0.1) is 19.8 Å². The van der Waals surface area contributed by atoms with Crippen LogP contribution in [0.25, 0.3) is 0 Å². The van der Waals surface area contributed by atoms with Crippen molar-refractivity contribution in [2.45, 2.75) is 26.7 Å². The summed E-state index contributed by atoms with van der Waals surface area (Å²) in [5.74, 6) is 0.183. The molecule has 0 radical (unpaired) electrons. The van der Waals surface area contributed by atoms with Crippen LogP contribution in [0.5, 0.6) is 0 Å². The first kappa shape index (κ1) is 11.1. The van der Waals surface area contributed by atoms with Gasteiger partial charge in [0.05, 0.1) is 23.0 Å². The minimum atomic E-state index is 0.0856. The van der Waals surface area contributed by atoms with Gasteiger partial charge in [0, 0.05) is 6.54 Å². The van der Waals surface area contributed by atoms with Crippen molar-refractivity contribution in [3.8, 4) is 0 Å². The molecule has 1 aromatic rings. The molecule has 0 bridgehead atoms. The number of aryl methyl sites for hydroxylation is 2. The van der Waals surface area contributed by atoms with E-state index in [-0.39, 0.29) is 11.8 Å². The first-order valence-electron chi connectivity index (χ1n) is 5.71. The topological polar surface area (TPSA) is 69.8 Å². The summed E-state index contributed by atoms with van der Waals surface area (Å²) < 4.78 is 0. The highest BCUT2D eigenvalue weighted by Crippen LogP contribution is 2.19. The molecular formula is C11H18N4O. The predicted octanol–water partition coefficient (Wildman–Crippen LogP) is 0.965. The van der Waals surface area contributed by atoms with E-state index in [2.05, 4.69) is 20.8 Å². The lowest BCUT2D eigenvalue weighted by Gasteiger charge is -2.21. The normalized spacial score (nSPS) is 20.8.